The molecule has 10 nitrogen and oxygen atoms in total. The number of amides is 4. The average Bonchev–Trinajstić information content (AvgIpc) is 3.09. The van der Waals surface area contributed by atoms with Crippen molar-refractivity contribution >= 4 is 17.8 Å². The molecule has 0 bridgehead atoms. The highest BCUT2D eigenvalue weighted by Gasteiger charge is 2.46. The average molecular weight is 686 g/mol. The molecule has 4 amide bonds. The maximum atomic E-state index is 13.3. The van der Waals surface area contributed by atoms with Gasteiger partial charge in [-0.25, -0.2) is 14.8 Å². The minimum absolute atomic E-state index is 0.0256. The van der Waals surface area contributed by atoms with E-state index in [1.807, 2.05) is 77.1 Å². The Hall–Kier alpha value is -5.04. The van der Waals surface area contributed by atoms with E-state index in [2.05, 4.69) is 16.6 Å². The first-order valence-electron chi connectivity index (χ1n) is 16.1. The number of aromatic hydroxyl groups is 1. The van der Waals surface area contributed by atoms with Crippen LogP contribution in [0.15, 0.2) is 91.5 Å². The van der Waals surface area contributed by atoms with Crippen LogP contribution in [0.5, 0.6) is 11.5 Å². The molecule has 2 aliphatic heterocycles. The van der Waals surface area contributed by atoms with E-state index in [1.165, 1.54) is 44.6 Å². The summed E-state index contributed by atoms with van der Waals surface area (Å²) in [6, 6.07) is 21.2. The van der Waals surface area contributed by atoms with Gasteiger partial charge in [0.1, 0.15) is 24.2 Å². The molecule has 2 saturated heterocycles. The molecule has 0 saturated carbocycles. The van der Waals surface area contributed by atoms with Crippen molar-refractivity contribution in [2.45, 2.75) is 60.2 Å². The standard InChI is InChI=1S/C25H26F3N5O4.C7H8O.2C2H6/c1-2-12-31-16-23(35)32-17-22(34)30(14-19-8-10-20(11-9-19)37-25(26,27)28)15-21(32)33(31)24(36)29-13-18-6-4-3-5-7-18;1-6-2-4-7(8)5-3-6;2*1-2/h2-11,21H,1,12-17H2,(H,29,36);2-5,8H,1H3;2*1-2H3. The molecule has 5 rings (SSSR count). The Balaban J connectivity index is 0.000000595. The summed E-state index contributed by atoms with van der Waals surface area (Å²) in [6.45, 7) is 14.0. The van der Waals surface area contributed by atoms with Crippen molar-refractivity contribution < 1.29 is 37.4 Å². The number of ether oxygens (including phenoxy) is 1. The fourth-order valence-electron chi connectivity index (χ4n) is 4.86. The minimum Gasteiger partial charge on any atom is -0.508 e. The predicted octanol–water partition coefficient (Wildman–Crippen LogP) is 6.46. The monoisotopic (exact) mass is 685 g/mol. The van der Waals surface area contributed by atoms with Crippen LogP contribution in [-0.4, -0.2) is 81.5 Å². The molecule has 0 aliphatic carbocycles. The van der Waals surface area contributed by atoms with Gasteiger partial charge in [0, 0.05) is 19.6 Å². The summed E-state index contributed by atoms with van der Waals surface area (Å²) >= 11 is 0. The van der Waals surface area contributed by atoms with Gasteiger partial charge in [-0.3, -0.25) is 9.59 Å². The number of hydrogen-bond donors (Lipinski definition) is 2. The SMILES string of the molecule is C=CCN1CC(=O)N2CC(=O)N(Cc3ccc(OC(F)(F)F)cc3)CC2N1C(=O)NCc1ccccc1.CC.CC.Cc1ccc(O)cc1. The number of nitrogens with one attached hydrogen (secondary N) is 1. The van der Waals surface area contributed by atoms with Crippen LogP contribution in [-0.2, 0) is 22.7 Å². The summed E-state index contributed by atoms with van der Waals surface area (Å²) < 4.78 is 41.2. The van der Waals surface area contributed by atoms with Crippen molar-refractivity contribution in [3.63, 3.8) is 0 Å². The maximum absolute atomic E-state index is 13.3. The van der Waals surface area contributed by atoms with E-state index in [0.717, 1.165) is 5.56 Å². The first kappa shape index (κ1) is 40.1. The molecule has 3 aromatic carbocycles. The summed E-state index contributed by atoms with van der Waals surface area (Å²) in [4.78, 5) is 41.9. The second-order valence-electron chi connectivity index (χ2n) is 10.4. The van der Waals surface area contributed by atoms with Gasteiger partial charge < -0.3 is 25.0 Å². The van der Waals surface area contributed by atoms with E-state index < -0.39 is 18.6 Å². The van der Waals surface area contributed by atoms with Crippen molar-refractivity contribution in [1.29, 1.82) is 0 Å². The van der Waals surface area contributed by atoms with Gasteiger partial charge in [-0.15, -0.1) is 19.8 Å². The zero-order chi connectivity index (χ0) is 36.6. The summed E-state index contributed by atoms with van der Waals surface area (Å²) in [7, 11) is 0. The number of alkyl halides is 3. The van der Waals surface area contributed by atoms with Gasteiger partial charge in [0.25, 0.3) is 0 Å². The van der Waals surface area contributed by atoms with Gasteiger partial charge in [0.05, 0.1) is 13.1 Å². The normalized spacial score (nSPS) is 15.7. The van der Waals surface area contributed by atoms with Crippen molar-refractivity contribution in [3.05, 3.63) is 108 Å². The summed E-state index contributed by atoms with van der Waals surface area (Å²) in [5.41, 5.74) is 2.64. The van der Waals surface area contributed by atoms with Crippen LogP contribution in [0, 0.1) is 6.92 Å². The molecule has 3 aromatic rings. The van der Waals surface area contributed by atoms with Crippen LogP contribution in [0.25, 0.3) is 0 Å². The molecule has 2 aliphatic rings. The lowest BCUT2D eigenvalue weighted by atomic mass is 10.1. The molecule has 266 valence electrons. The second kappa shape index (κ2) is 19.7. The summed E-state index contributed by atoms with van der Waals surface area (Å²) in [5, 5.41) is 14.6. The van der Waals surface area contributed by atoms with Gasteiger partial charge >= 0.3 is 12.4 Å². The van der Waals surface area contributed by atoms with E-state index in [0.29, 0.717) is 11.3 Å². The fraction of sp³-hybridized carbons (Fsp3) is 0.361. The number of halogens is 3. The molecule has 49 heavy (non-hydrogen) atoms. The first-order valence-corrected chi connectivity index (χ1v) is 16.1. The molecule has 1 unspecified atom stereocenters. The molecule has 2 N–H and O–H groups in total. The lowest BCUT2D eigenvalue weighted by Crippen LogP contribution is -2.73. The first-order chi connectivity index (χ1) is 23.4. The number of hydrazine groups is 1. The molecule has 2 fully saturated rings. The lowest BCUT2D eigenvalue weighted by Gasteiger charge is -2.52. The fourth-order valence-corrected chi connectivity index (χ4v) is 4.86. The topological polar surface area (TPSA) is 106 Å². The number of benzene rings is 3. The molecule has 0 aromatic heterocycles. The van der Waals surface area contributed by atoms with Crippen LogP contribution in [0.2, 0.25) is 0 Å². The number of nitrogens with zero attached hydrogens (tertiary/aromatic N) is 4. The van der Waals surface area contributed by atoms with E-state index in [9.17, 15) is 27.6 Å². The maximum Gasteiger partial charge on any atom is 0.573 e. The molecular formula is C36H46F3N5O5. The zero-order valence-electron chi connectivity index (χ0n) is 28.6. The van der Waals surface area contributed by atoms with Crippen LogP contribution < -0.4 is 10.1 Å². The Morgan fingerprint density at radius 3 is 2.08 bits per heavy atom. The van der Waals surface area contributed by atoms with Crippen molar-refractivity contribution in [3.8, 4) is 11.5 Å². The van der Waals surface area contributed by atoms with E-state index in [1.54, 1.807) is 23.2 Å². The highest BCUT2D eigenvalue weighted by Crippen LogP contribution is 2.26. The third-order valence-corrected chi connectivity index (χ3v) is 7.03. The highest BCUT2D eigenvalue weighted by atomic mass is 19.4. The van der Waals surface area contributed by atoms with Crippen LogP contribution in [0.4, 0.5) is 18.0 Å². The molecule has 1 atom stereocenters. The number of phenols is 1. The Morgan fingerprint density at radius 1 is 0.918 bits per heavy atom. The van der Waals surface area contributed by atoms with Crippen LogP contribution >= 0.6 is 0 Å². The second-order valence-corrected chi connectivity index (χ2v) is 10.4. The van der Waals surface area contributed by atoms with Crippen molar-refractivity contribution in [1.82, 2.24) is 25.1 Å². The number of hydrogen-bond acceptors (Lipinski definition) is 6. The third-order valence-electron chi connectivity index (χ3n) is 7.03. The lowest BCUT2D eigenvalue weighted by molar-refractivity contribution is -0.274. The number of piperazine rings is 1. The largest absolute Gasteiger partial charge is 0.573 e. The zero-order valence-corrected chi connectivity index (χ0v) is 28.6. The third kappa shape index (κ3) is 12.5. The van der Waals surface area contributed by atoms with Crippen LogP contribution in [0.3, 0.4) is 0 Å². The van der Waals surface area contributed by atoms with E-state index in [4.69, 9.17) is 5.11 Å². The Bertz CT molecular complexity index is 1450. The number of fused-ring (bicyclic) bond motifs is 1. The minimum atomic E-state index is -4.80. The summed E-state index contributed by atoms with van der Waals surface area (Å²) in [6.07, 6.45) is -3.98. The Labute approximate surface area is 286 Å². The number of phenolic OH excluding ortho intramolecular Hbond substituents is 1. The molecule has 13 heteroatoms. The quantitative estimate of drug-likeness (QED) is 0.277. The van der Waals surface area contributed by atoms with Crippen molar-refractivity contribution in [2.75, 3.05) is 26.2 Å². The number of carbonyl (C=O) groups is 3. The van der Waals surface area contributed by atoms with Gasteiger partial charge in [-0.05, 0) is 42.3 Å². The van der Waals surface area contributed by atoms with E-state index >= 15 is 0 Å². The molecule has 2 heterocycles. The number of urea groups is 1. The molecule has 0 radical (unpaired) electrons. The van der Waals surface area contributed by atoms with Crippen LogP contribution in [0.1, 0.15) is 44.4 Å². The van der Waals surface area contributed by atoms with E-state index in [-0.39, 0.29) is 56.8 Å². The Morgan fingerprint density at radius 2 is 1.53 bits per heavy atom. The predicted molar refractivity (Wildman–Crippen MR) is 182 cm³/mol. The number of rotatable bonds is 7. The van der Waals surface area contributed by atoms with Gasteiger partial charge in [0.2, 0.25) is 11.8 Å². The summed E-state index contributed by atoms with van der Waals surface area (Å²) in [5.74, 6) is -0.662. The molecular weight excluding hydrogens is 639 g/mol. The van der Waals surface area contributed by atoms with Gasteiger partial charge in [0.15, 0.2) is 0 Å². The Kier molecular flexibility index (Phi) is 16.1. The van der Waals surface area contributed by atoms with Crippen molar-refractivity contribution in [2.24, 2.45) is 0 Å². The highest BCUT2D eigenvalue weighted by molar-refractivity contribution is 5.89. The number of aryl methyl sites for hydroxylation is 1. The smallest absolute Gasteiger partial charge is 0.508 e. The molecule has 0 spiro atoms. The van der Waals surface area contributed by atoms with Gasteiger partial charge in [-0.2, -0.15) is 0 Å². The van der Waals surface area contributed by atoms with Gasteiger partial charge in [-0.1, -0.05) is 93.9 Å². The number of carbonyl (C=O) groups excluding carboxylic acids is 3.